The molecular formula is C16H26ClNO. The number of ether oxygens (including phenoxy) is 1. The quantitative estimate of drug-likeness (QED) is 0.821. The maximum absolute atomic E-state index is 6.25. The van der Waals surface area contributed by atoms with Crippen LogP contribution in [0.25, 0.3) is 0 Å². The van der Waals surface area contributed by atoms with Crippen LogP contribution in [-0.4, -0.2) is 13.2 Å². The Morgan fingerprint density at radius 1 is 1.11 bits per heavy atom. The zero-order valence-corrected chi connectivity index (χ0v) is 13.4. The molecule has 0 aliphatic carbocycles. The number of rotatable bonds is 6. The molecule has 0 aliphatic heterocycles. The lowest BCUT2D eigenvalue weighted by molar-refractivity contribution is 0.397. The van der Waals surface area contributed by atoms with Gasteiger partial charge in [0.15, 0.2) is 0 Å². The Kier molecular flexibility index (Phi) is 6.15. The molecule has 0 radical (unpaired) electrons. The average molecular weight is 284 g/mol. The lowest BCUT2D eigenvalue weighted by Crippen LogP contribution is -2.15. The molecule has 2 unspecified atom stereocenters. The van der Waals surface area contributed by atoms with Crippen molar-refractivity contribution in [3.63, 3.8) is 0 Å². The third kappa shape index (κ3) is 4.39. The molecule has 1 aromatic carbocycles. The van der Waals surface area contributed by atoms with Gasteiger partial charge in [0.25, 0.3) is 0 Å². The third-order valence-corrected chi connectivity index (χ3v) is 3.74. The van der Waals surface area contributed by atoms with Gasteiger partial charge in [0.1, 0.15) is 5.75 Å². The summed E-state index contributed by atoms with van der Waals surface area (Å²) < 4.78 is 5.63. The molecule has 0 aliphatic rings. The third-order valence-electron chi connectivity index (χ3n) is 3.52. The van der Waals surface area contributed by atoms with Gasteiger partial charge in [-0.1, -0.05) is 32.4 Å². The Morgan fingerprint density at radius 3 is 2.16 bits per heavy atom. The van der Waals surface area contributed by atoms with E-state index in [1.165, 1.54) is 11.1 Å². The van der Waals surface area contributed by atoms with Gasteiger partial charge >= 0.3 is 0 Å². The van der Waals surface area contributed by atoms with E-state index in [0.29, 0.717) is 11.8 Å². The zero-order chi connectivity index (χ0) is 14.6. The van der Waals surface area contributed by atoms with Gasteiger partial charge in [-0.25, -0.2) is 0 Å². The molecule has 1 rings (SSSR count). The van der Waals surface area contributed by atoms with E-state index >= 15 is 0 Å². The van der Waals surface area contributed by atoms with Crippen molar-refractivity contribution in [2.75, 3.05) is 7.11 Å². The topological polar surface area (TPSA) is 35.2 Å². The first kappa shape index (κ1) is 16.3. The number of hydrogen-bond acceptors (Lipinski definition) is 2. The van der Waals surface area contributed by atoms with E-state index in [1.54, 1.807) is 7.11 Å². The first-order chi connectivity index (χ1) is 8.86. The fourth-order valence-electron chi connectivity index (χ4n) is 2.34. The fourth-order valence-corrected chi connectivity index (χ4v) is 2.57. The van der Waals surface area contributed by atoms with Gasteiger partial charge in [0, 0.05) is 11.1 Å². The average Bonchev–Trinajstić information content (AvgIpc) is 2.34. The van der Waals surface area contributed by atoms with E-state index in [2.05, 4.69) is 20.8 Å². The van der Waals surface area contributed by atoms with Crippen molar-refractivity contribution in [1.29, 1.82) is 0 Å². The fraction of sp³-hybridized carbons (Fsp3) is 0.625. The van der Waals surface area contributed by atoms with Crippen molar-refractivity contribution in [3.05, 3.63) is 28.3 Å². The summed E-state index contributed by atoms with van der Waals surface area (Å²) in [5.74, 6) is 1.78. The van der Waals surface area contributed by atoms with Gasteiger partial charge < -0.3 is 10.5 Å². The lowest BCUT2D eigenvalue weighted by atomic mass is 9.90. The van der Waals surface area contributed by atoms with Crippen molar-refractivity contribution in [3.8, 4) is 5.75 Å². The number of hydrogen-bond donors (Lipinski definition) is 1. The van der Waals surface area contributed by atoms with Gasteiger partial charge in [-0.3, -0.25) is 0 Å². The molecule has 0 aromatic heterocycles. The molecule has 0 saturated carbocycles. The van der Waals surface area contributed by atoms with Crippen LogP contribution in [0.4, 0.5) is 0 Å². The van der Waals surface area contributed by atoms with E-state index < -0.39 is 0 Å². The summed E-state index contributed by atoms with van der Waals surface area (Å²) in [5, 5.41) is 0.784. The van der Waals surface area contributed by atoms with Gasteiger partial charge in [-0.05, 0) is 54.9 Å². The minimum absolute atomic E-state index is 0.234. The van der Waals surface area contributed by atoms with Crippen LogP contribution in [-0.2, 0) is 0 Å². The maximum Gasteiger partial charge on any atom is 0.125 e. The zero-order valence-electron chi connectivity index (χ0n) is 12.7. The second kappa shape index (κ2) is 7.16. The summed E-state index contributed by atoms with van der Waals surface area (Å²) in [4.78, 5) is 0. The molecule has 1 aromatic rings. The molecule has 3 heteroatoms. The maximum atomic E-state index is 6.25. The Bertz CT molecular complexity index is 415. The Labute approximate surface area is 122 Å². The van der Waals surface area contributed by atoms with Crippen molar-refractivity contribution >= 4 is 11.6 Å². The second-order valence-electron chi connectivity index (χ2n) is 5.73. The van der Waals surface area contributed by atoms with Crippen LogP contribution in [0.1, 0.15) is 63.5 Å². The highest BCUT2D eigenvalue weighted by Gasteiger charge is 2.18. The summed E-state index contributed by atoms with van der Waals surface area (Å²) >= 11 is 6.25. The summed E-state index contributed by atoms with van der Waals surface area (Å²) in [6.07, 6.45) is 2.06. The molecule has 0 amide bonds. The van der Waals surface area contributed by atoms with Crippen LogP contribution in [0.2, 0.25) is 5.02 Å². The molecule has 2 N–H and O–H groups in total. The van der Waals surface area contributed by atoms with Crippen molar-refractivity contribution in [2.24, 2.45) is 5.73 Å². The van der Waals surface area contributed by atoms with Crippen LogP contribution >= 0.6 is 11.6 Å². The molecule has 0 saturated heterocycles. The molecule has 0 spiro atoms. The number of methoxy groups -OCH3 is 1. The van der Waals surface area contributed by atoms with Gasteiger partial charge in [-0.2, -0.15) is 0 Å². The highest BCUT2D eigenvalue weighted by atomic mass is 35.5. The van der Waals surface area contributed by atoms with Crippen LogP contribution in [0.15, 0.2) is 12.1 Å². The van der Waals surface area contributed by atoms with Crippen LogP contribution in [0.3, 0.4) is 0 Å². The van der Waals surface area contributed by atoms with Crippen molar-refractivity contribution in [1.82, 2.24) is 0 Å². The number of halogens is 1. The van der Waals surface area contributed by atoms with Crippen molar-refractivity contribution < 1.29 is 4.74 Å². The lowest BCUT2D eigenvalue weighted by Gasteiger charge is -2.21. The highest BCUT2D eigenvalue weighted by molar-refractivity contribution is 6.30. The van der Waals surface area contributed by atoms with Gasteiger partial charge in [0.2, 0.25) is 0 Å². The minimum Gasteiger partial charge on any atom is -0.496 e. The summed E-state index contributed by atoms with van der Waals surface area (Å²) in [7, 11) is 1.73. The molecule has 0 bridgehead atoms. The molecule has 0 heterocycles. The molecule has 0 fully saturated rings. The first-order valence-electron chi connectivity index (χ1n) is 6.99. The normalized spacial score (nSPS) is 14.5. The molecular weight excluding hydrogens is 258 g/mol. The van der Waals surface area contributed by atoms with Gasteiger partial charge in [-0.15, -0.1) is 0 Å². The van der Waals surface area contributed by atoms with E-state index in [4.69, 9.17) is 22.1 Å². The number of nitrogens with two attached hydrogens (primary N) is 1. The molecule has 2 atom stereocenters. The predicted octanol–water partition coefficient (Wildman–Crippen LogP) is 4.70. The summed E-state index contributed by atoms with van der Waals surface area (Å²) in [6.45, 7) is 8.57. The van der Waals surface area contributed by atoms with E-state index in [1.807, 2.05) is 19.1 Å². The summed E-state index contributed by atoms with van der Waals surface area (Å²) in [5.41, 5.74) is 8.21. The SMILES string of the molecule is COc1c(C(C)C)cc(Cl)cc1C(C)CCC(C)N. The largest absolute Gasteiger partial charge is 0.496 e. The summed E-state index contributed by atoms with van der Waals surface area (Å²) in [6, 6.07) is 4.27. The smallest absolute Gasteiger partial charge is 0.125 e. The first-order valence-corrected chi connectivity index (χ1v) is 7.37. The minimum atomic E-state index is 0.234. The Morgan fingerprint density at radius 2 is 1.68 bits per heavy atom. The molecule has 2 nitrogen and oxygen atoms in total. The van der Waals surface area contributed by atoms with Crippen molar-refractivity contribution in [2.45, 2.75) is 58.4 Å². The van der Waals surface area contributed by atoms with E-state index in [0.717, 1.165) is 23.6 Å². The second-order valence-corrected chi connectivity index (χ2v) is 6.16. The van der Waals surface area contributed by atoms with E-state index in [9.17, 15) is 0 Å². The van der Waals surface area contributed by atoms with Crippen LogP contribution < -0.4 is 10.5 Å². The monoisotopic (exact) mass is 283 g/mol. The Balaban J connectivity index is 3.11. The Hall–Kier alpha value is -0.730. The number of benzene rings is 1. The molecule has 19 heavy (non-hydrogen) atoms. The van der Waals surface area contributed by atoms with E-state index in [-0.39, 0.29) is 6.04 Å². The predicted molar refractivity (Wildman–Crippen MR) is 83.4 cm³/mol. The molecule has 108 valence electrons. The van der Waals surface area contributed by atoms with Crippen LogP contribution in [0.5, 0.6) is 5.75 Å². The standard InChI is InChI=1S/C16H26ClNO/c1-10(2)14-8-13(17)9-15(16(14)19-5)11(3)6-7-12(4)18/h8-12H,6-7,18H2,1-5H3. The van der Waals surface area contributed by atoms with Gasteiger partial charge in [0.05, 0.1) is 7.11 Å². The highest BCUT2D eigenvalue weighted by Crippen LogP contribution is 2.38. The van der Waals surface area contributed by atoms with Crippen LogP contribution in [0, 0.1) is 0 Å².